The summed E-state index contributed by atoms with van der Waals surface area (Å²) < 4.78 is 0. The van der Waals surface area contributed by atoms with Crippen LogP contribution in [0.15, 0.2) is 0 Å². The maximum Gasteiger partial charge on any atom is 0.222 e. The van der Waals surface area contributed by atoms with Gasteiger partial charge in [0.25, 0.3) is 0 Å². The van der Waals surface area contributed by atoms with E-state index in [4.69, 9.17) is 5.73 Å². The van der Waals surface area contributed by atoms with Crippen LogP contribution in [0.25, 0.3) is 0 Å². The summed E-state index contributed by atoms with van der Waals surface area (Å²) in [5.41, 5.74) is 5.79. The van der Waals surface area contributed by atoms with E-state index in [1.54, 1.807) is 0 Å². The molecule has 0 spiro atoms. The molecule has 0 saturated carbocycles. The Balaban J connectivity index is 2.38. The molecule has 1 rings (SSSR count). The van der Waals surface area contributed by atoms with Crippen LogP contribution in [0.2, 0.25) is 0 Å². The predicted molar refractivity (Wildman–Crippen MR) is 71.7 cm³/mol. The smallest absolute Gasteiger partial charge is 0.222 e. The summed E-state index contributed by atoms with van der Waals surface area (Å²) in [4.78, 5) is 14.2. The molecule has 1 saturated heterocycles. The number of amides is 1. The molecular weight excluding hydrogens is 212 g/mol. The van der Waals surface area contributed by atoms with Gasteiger partial charge in [-0.3, -0.25) is 4.79 Å². The minimum atomic E-state index is 0.198. The molecule has 0 aromatic rings. The quantitative estimate of drug-likeness (QED) is 0.802. The lowest BCUT2D eigenvalue weighted by atomic mass is 9.84. The minimum Gasteiger partial charge on any atom is -0.340 e. The van der Waals surface area contributed by atoms with Crippen LogP contribution in [0.3, 0.4) is 0 Å². The largest absolute Gasteiger partial charge is 0.340 e. The summed E-state index contributed by atoms with van der Waals surface area (Å²) in [6.07, 6.45) is 6.23. The van der Waals surface area contributed by atoms with Crippen LogP contribution in [0, 0.1) is 5.41 Å². The number of likely N-dealkylation sites (tertiary alicyclic amines) is 1. The summed E-state index contributed by atoms with van der Waals surface area (Å²) in [6, 6.07) is 0.439. The summed E-state index contributed by atoms with van der Waals surface area (Å²) in [6.45, 7) is 8.24. The van der Waals surface area contributed by atoms with E-state index in [9.17, 15) is 4.79 Å². The van der Waals surface area contributed by atoms with Crippen LogP contribution in [0.4, 0.5) is 0 Å². The Labute approximate surface area is 106 Å². The third-order valence-corrected chi connectivity index (χ3v) is 3.96. The van der Waals surface area contributed by atoms with E-state index in [2.05, 4.69) is 25.7 Å². The van der Waals surface area contributed by atoms with E-state index < -0.39 is 0 Å². The van der Waals surface area contributed by atoms with Crippen molar-refractivity contribution in [2.24, 2.45) is 11.1 Å². The molecule has 1 fully saturated rings. The summed E-state index contributed by atoms with van der Waals surface area (Å²) >= 11 is 0. The first kappa shape index (κ1) is 14.5. The first-order chi connectivity index (χ1) is 7.96. The van der Waals surface area contributed by atoms with E-state index in [1.165, 1.54) is 12.8 Å². The molecule has 17 heavy (non-hydrogen) atoms. The number of rotatable bonds is 5. The molecule has 100 valence electrons. The number of nitrogens with two attached hydrogens (primary N) is 1. The second-order valence-electron chi connectivity index (χ2n) is 6.13. The van der Waals surface area contributed by atoms with Crippen LogP contribution >= 0.6 is 0 Å². The lowest BCUT2D eigenvalue weighted by Gasteiger charge is -2.34. The zero-order valence-electron chi connectivity index (χ0n) is 11.7. The molecule has 0 bridgehead atoms. The fourth-order valence-corrected chi connectivity index (χ4v) is 2.57. The third kappa shape index (κ3) is 4.66. The molecule has 0 aromatic carbocycles. The maximum atomic E-state index is 12.2. The number of hydrogen-bond acceptors (Lipinski definition) is 2. The van der Waals surface area contributed by atoms with E-state index in [0.717, 1.165) is 25.8 Å². The average Bonchev–Trinajstić information content (AvgIpc) is 2.27. The Morgan fingerprint density at radius 3 is 2.65 bits per heavy atom. The molecule has 0 aliphatic carbocycles. The number of carbonyl (C=O) groups is 1. The molecule has 0 aromatic heterocycles. The van der Waals surface area contributed by atoms with Gasteiger partial charge in [-0.1, -0.05) is 13.8 Å². The SMILES string of the molecule is CC1CCCCN1C(=O)CCC(C)(C)CCN. The Morgan fingerprint density at radius 2 is 2.06 bits per heavy atom. The molecule has 1 heterocycles. The van der Waals surface area contributed by atoms with Crippen LogP contribution in [-0.4, -0.2) is 29.9 Å². The van der Waals surface area contributed by atoms with Gasteiger partial charge in [-0.05, 0) is 51.0 Å². The van der Waals surface area contributed by atoms with Gasteiger partial charge < -0.3 is 10.6 Å². The molecule has 1 amide bonds. The van der Waals surface area contributed by atoms with Gasteiger partial charge in [0.1, 0.15) is 0 Å². The lowest BCUT2D eigenvalue weighted by Crippen LogP contribution is -2.42. The monoisotopic (exact) mass is 240 g/mol. The maximum absolute atomic E-state index is 12.2. The molecule has 3 nitrogen and oxygen atoms in total. The molecular formula is C14H28N2O. The van der Waals surface area contributed by atoms with Crippen molar-refractivity contribution in [2.45, 2.75) is 65.3 Å². The van der Waals surface area contributed by atoms with Crippen LogP contribution in [0.1, 0.15) is 59.3 Å². The Morgan fingerprint density at radius 1 is 1.35 bits per heavy atom. The van der Waals surface area contributed by atoms with Gasteiger partial charge in [-0.25, -0.2) is 0 Å². The Bertz CT molecular complexity index is 251. The van der Waals surface area contributed by atoms with Gasteiger partial charge in [0.05, 0.1) is 0 Å². The van der Waals surface area contributed by atoms with Gasteiger partial charge >= 0.3 is 0 Å². The first-order valence-corrected chi connectivity index (χ1v) is 6.96. The van der Waals surface area contributed by atoms with Gasteiger partial charge in [0.2, 0.25) is 5.91 Å². The highest BCUT2D eigenvalue weighted by Crippen LogP contribution is 2.27. The van der Waals surface area contributed by atoms with Gasteiger partial charge in [-0.15, -0.1) is 0 Å². The highest BCUT2D eigenvalue weighted by Gasteiger charge is 2.25. The number of nitrogens with zero attached hydrogens (tertiary/aromatic N) is 1. The second kappa shape index (κ2) is 6.39. The van der Waals surface area contributed by atoms with E-state index in [-0.39, 0.29) is 5.41 Å². The van der Waals surface area contributed by atoms with Crippen molar-refractivity contribution < 1.29 is 4.79 Å². The number of piperidine rings is 1. The van der Waals surface area contributed by atoms with Crippen molar-refractivity contribution in [2.75, 3.05) is 13.1 Å². The number of hydrogen-bond donors (Lipinski definition) is 1. The van der Waals surface area contributed by atoms with Gasteiger partial charge in [0.15, 0.2) is 0 Å². The average molecular weight is 240 g/mol. The Kier molecular flexibility index (Phi) is 5.44. The van der Waals surface area contributed by atoms with Gasteiger partial charge in [0, 0.05) is 19.0 Å². The summed E-state index contributed by atoms with van der Waals surface area (Å²) in [5.74, 6) is 0.335. The van der Waals surface area contributed by atoms with Crippen molar-refractivity contribution in [3.63, 3.8) is 0 Å². The molecule has 1 aliphatic heterocycles. The van der Waals surface area contributed by atoms with Crippen LogP contribution in [-0.2, 0) is 4.79 Å². The molecule has 0 radical (unpaired) electrons. The van der Waals surface area contributed by atoms with Gasteiger partial charge in [-0.2, -0.15) is 0 Å². The first-order valence-electron chi connectivity index (χ1n) is 6.96. The predicted octanol–water partition coefficient (Wildman–Crippen LogP) is 2.54. The van der Waals surface area contributed by atoms with Crippen molar-refractivity contribution >= 4 is 5.91 Å². The molecule has 1 unspecified atom stereocenters. The minimum absolute atomic E-state index is 0.198. The molecule has 3 heteroatoms. The van der Waals surface area contributed by atoms with Crippen LogP contribution in [0.5, 0.6) is 0 Å². The lowest BCUT2D eigenvalue weighted by molar-refractivity contribution is -0.135. The van der Waals surface area contributed by atoms with E-state index in [1.807, 2.05) is 0 Å². The fraction of sp³-hybridized carbons (Fsp3) is 0.929. The van der Waals surface area contributed by atoms with E-state index >= 15 is 0 Å². The normalized spacial score (nSPS) is 21.6. The van der Waals surface area contributed by atoms with Crippen molar-refractivity contribution in [3.05, 3.63) is 0 Å². The topological polar surface area (TPSA) is 46.3 Å². The highest BCUT2D eigenvalue weighted by atomic mass is 16.2. The highest BCUT2D eigenvalue weighted by molar-refractivity contribution is 5.76. The summed E-state index contributed by atoms with van der Waals surface area (Å²) in [5, 5.41) is 0. The number of carbonyl (C=O) groups excluding carboxylic acids is 1. The van der Waals surface area contributed by atoms with E-state index in [0.29, 0.717) is 24.9 Å². The second-order valence-corrected chi connectivity index (χ2v) is 6.13. The van der Waals surface area contributed by atoms with Crippen molar-refractivity contribution in [3.8, 4) is 0 Å². The molecule has 1 aliphatic rings. The standard InChI is InChI=1S/C14H28N2O/c1-12-6-4-5-11-16(12)13(17)7-8-14(2,3)9-10-15/h12H,4-11,15H2,1-3H3. The zero-order chi connectivity index (χ0) is 12.9. The van der Waals surface area contributed by atoms with Crippen molar-refractivity contribution in [1.29, 1.82) is 0 Å². The summed E-state index contributed by atoms with van der Waals surface area (Å²) in [7, 11) is 0. The van der Waals surface area contributed by atoms with Crippen LogP contribution < -0.4 is 5.73 Å². The van der Waals surface area contributed by atoms with Crippen molar-refractivity contribution in [1.82, 2.24) is 4.90 Å². The Hall–Kier alpha value is -0.570. The molecule has 2 N–H and O–H groups in total. The third-order valence-electron chi connectivity index (χ3n) is 3.96. The molecule has 1 atom stereocenters. The fourth-order valence-electron chi connectivity index (χ4n) is 2.57. The zero-order valence-corrected chi connectivity index (χ0v) is 11.7.